The van der Waals surface area contributed by atoms with Crippen LogP contribution >= 0.6 is 0 Å². The van der Waals surface area contributed by atoms with E-state index in [1.807, 2.05) is 4.90 Å². The fourth-order valence-electron chi connectivity index (χ4n) is 3.64. The number of para-hydroxylation sites is 2. The summed E-state index contributed by atoms with van der Waals surface area (Å²) in [6.07, 6.45) is 1.92. The number of nitrogens with one attached hydrogen (secondary N) is 1. The van der Waals surface area contributed by atoms with Gasteiger partial charge in [0.2, 0.25) is 0 Å². The second kappa shape index (κ2) is 8.41. The molecule has 1 aromatic rings. The largest absolute Gasteiger partial charge is 0.481 e. The van der Waals surface area contributed by atoms with Gasteiger partial charge in [0.1, 0.15) is 5.75 Å². The smallest absolute Gasteiger partial charge is 0.387 e. The molecule has 0 radical (unpaired) electrons. The molecule has 2 saturated heterocycles. The summed E-state index contributed by atoms with van der Waals surface area (Å²) in [5.74, 6) is -1.29. The standard InChI is InChI=1S/C18H23F2N3O4/c19-17(20)27-15-6-2-1-5-14(15)22-9-7-13(11-22)21-18(26)23-8-3-4-12(10-23)16(24)25/h1-2,5-6,12-13,17H,3-4,7-11H2,(H,21,26)(H,24,25). The van der Waals surface area contributed by atoms with E-state index in [0.717, 1.165) is 0 Å². The van der Waals surface area contributed by atoms with Gasteiger partial charge in [-0.05, 0) is 31.4 Å². The van der Waals surface area contributed by atoms with Gasteiger partial charge >= 0.3 is 18.6 Å². The van der Waals surface area contributed by atoms with Crippen molar-refractivity contribution in [2.24, 2.45) is 5.92 Å². The second-order valence-corrected chi connectivity index (χ2v) is 6.85. The SMILES string of the molecule is O=C(O)C1CCCN(C(=O)NC2CCN(c3ccccc3OC(F)F)C2)C1. The Morgan fingerprint density at radius 1 is 1.19 bits per heavy atom. The normalized spacial score (nSPS) is 22.8. The number of anilines is 1. The predicted molar refractivity (Wildman–Crippen MR) is 94.2 cm³/mol. The number of carbonyl (C=O) groups excluding carboxylic acids is 1. The summed E-state index contributed by atoms with van der Waals surface area (Å²) < 4.78 is 29.7. The number of hydrogen-bond donors (Lipinski definition) is 2. The number of ether oxygens (including phenoxy) is 1. The fraction of sp³-hybridized carbons (Fsp3) is 0.556. The van der Waals surface area contributed by atoms with Gasteiger partial charge < -0.3 is 25.0 Å². The Morgan fingerprint density at radius 2 is 1.96 bits per heavy atom. The lowest BCUT2D eigenvalue weighted by atomic mass is 9.99. The molecular weight excluding hydrogens is 360 g/mol. The van der Waals surface area contributed by atoms with Crippen LogP contribution in [0.15, 0.2) is 24.3 Å². The van der Waals surface area contributed by atoms with E-state index < -0.39 is 18.5 Å². The topological polar surface area (TPSA) is 82.1 Å². The summed E-state index contributed by atoms with van der Waals surface area (Å²) in [7, 11) is 0. The van der Waals surface area contributed by atoms with E-state index in [9.17, 15) is 18.4 Å². The van der Waals surface area contributed by atoms with Gasteiger partial charge in [-0.15, -0.1) is 0 Å². The molecule has 27 heavy (non-hydrogen) atoms. The van der Waals surface area contributed by atoms with Crippen LogP contribution in [0, 0.1) is 5.92 Å². The Hall–Kier alpha value is -2.58. The van der Waals surface area contributed by atoms with Crippen LogP contribution in [0.4, 0.5) is 19.3 Å². The molecule has 2 atom stereocenters. The molecule has 9 heteroatoms. The minimum atomic E-state index is -2.90. The number of aliphatic carboxylic acids is 1. The molecule has 0 aliphatic carbocycles. The third-order valence-electron chi connectivity index (χ3n) is 5.00. The number of nitrogens with zero attached hydrogens (tertiary/aromatic N) is 2. The number of carboxylic acid groups (broad SMARTS) is 1. The molecule has 0 bridgehead atoms. The first kappa shape index (κ1) is 19.2. The van der Waals surface area contributed by atoms with Gasteiger partial charge in [0.25, 0.3) is 0 Å². The number of halogens is 2. The Labute approximate surface area is 155 Å². The van der Waals surface area contributed by atoms with Crippen molar-refractivity contribution in [3.05, 3.63) is 24.3 Å². The monoisotopic (exact) mass is 383 g/mol. The lowest BCUT2D eigenvalue weighted by Crippen LogP contribution is -2.50. The molecule has 2 aliphatic rings. The quantitative estimate of drug-likeness (QED) is 0.816. The molecule has 2 heterocycles. The summed E-state index contributed by atoms with van der Waals surface area (Å²) in [5, 5.41) is 12.1. The Balaban J connectivity index is 1.57. The number of benzene rings is 1. The van der Waals surface area contributed by atoms with Gasteiger partial charge in [0, 0.05) is 32.2 Å². The molecule has 7 nitrogen and oxygen atoms in total. The van der Waals surface area contributed by atoms with Crippen molar-refractivity contribution in [3.63, 3.8) is 0 Å². The molecule has 2 amide bonds. The molecule has 148 valence electrons. The second-order valence-electron chi connectivity index (χ2n) is 6.85. The number of rotatable bonds is 5. The van der Waals surface area contributed by atoms with Crippen molar-refractivity contribution >= 4 is 17.7 Å². The summed E-state index contributed by atoms with van der Waals surface area (Å²) in [5.41, 5.74) is 0.568. The maximum atomic E-state index is 12.6. The molecule has 2 unspecified atom stereocenters. The number of hydrogen-bond acceptors (Lipinski definition) is 4. The average Bonchev–Trinajstić information content (AvgIpc) is 3.10. The van der Waals surface area contributed by atoms with Crippen molar-refractivity contribution in [1.82, 2.24) is 10.2 Å². The first-order chi connectivity index (χ1) is 12.9. The van der Waals surface area contributed by atoms with E-state index >= 15 is 0 Å². The van der Waals surface area contributed by atoms with Gasteiger partial charge in [-0.2, -0.15) is 8.78 Å². The van der Waals surface area contributed by atoms with E-state index in [4.69, 9.17) is 5.11 Å². The van der Waals surface area contributed by atoms with Crippen LogP contribution < -0.4 is 15.0 Å². The van der Waals surface area contributed by atoms with Gasteiger partial charge in [-0.1, -0.05) is 12.1 Å². The summed E-state index contributed by atoms with van der Waals surface area (Å²) in [6, 6.07) is 6.18. The first-order valence-electron chi connectivity index (χ1n) is 9.01. The van der Waals surface area contributed by atoms with E-state index in [2.05, 4.69) is 10.1 Å². The highest BCUT2D eigenvalue weighted by Gasteiger charge is 2.31. The zero-order valence-electron chi connectivity index (χ0n) is 14.8. The number of alkyl halides is 2. The number of likely N-dealkylation sites (tertiary alicyclic amines) is 1. The number of piperidine rings is 1. The zero-order valence-corrected chi connectivity index (χ0v) is 14.8. The lowest BCUT2D eigenvalue weighted by molar-refractivity contribution is -0.143. The lowest BCUT2D eigenvalue weighted by Gasteiger charge is -2.31. The highest BCUT2D eigenvalue weighted by atomic mass is 19.3. The van der Waals surface area contributed by atoms with Gasteiger partial charge in [0.05, 0.1) is 11.6 Å². The number of carboxylic acids is 1. The van der Waals surface area contributed by atoms with E-state index in [1.54, 1.807) is 23.1 Å². The van der Waals surface area contributed by atoms with Crippen LogP contribution in [0.2, 0.25) is 0 Å². The van der Waals surface area contributed by atoms with Crippen LogP contribution in [0.3, 0.4) is 0 Å². The van der Waals surface area contributed by atoms with Gasteiger partial charge in [-0.25, -0.2) is 4.79 Å². The molecule has 2 N–H and O–H groups in total. The molecular formula is C18H23F2N3O4. The van der Waals surface area contributed by atoms with E-state index in [0.29, 0.717) is 44.6 Å². The van der Waals surface area contributed by atoms with Crippen LogP contribution in [-0.2, 0) is 4.79 Å². The Kier molecular flexibility index (Phi) is 5.98. The number of urea groups is 1. The molecule has 2 fully saturated rings. The Morgan fingerprint density at radius 3 is 2.70 bits per heavy atom. The van der Waals surface area contributed by atoms with Gasteiger partial charge in [-0.3, -0.25) is 4.79 Å². The molecule has 2 aliphatic heterocycles. The molecule has 1 aromatic carbocycles. The van der Waals surface area contributed by atoms with Crippen molar-refractivity contribution in [3.8, 4) is 5.75 Å². The molecule has 0 saturated carbocycles. The van der Waals surface area contributed by atoms with E-state index in [-0.39, 0.29) is 24.4 Å². The predicted octanol–water partition coefficient (Wildman–Crippen LogP) is 2.37. The Bertz CT molecular complexity index is 688. The summed E-state index contributed by atoms with van der Waals surface area (Å²) in [4.78, 5) is 27.0. The van der Waals surface area contributed by atoms with Crippen LogP contribution in [0.1, 0.15) is 19.3 Å². The molecule has 0 spiro atoms. The van der Waals surface area contributed by atoms with Crippen molar-refractivity contribution in [2.45, 2.75) is 31.9 Å². The van der Waals surface area contributed by atoms with Crippen molar-refractivity contribution < 1.29 is 28.2 Å². The summed E-state index contributed by atoms with van der Waals surface area (Å²) in [6.45, 7) is -1.07. The highest BCUT2D eigenvalue weighted by molar-refractivity contribution is 5.77. The fourth-order valence-corrected chi connectivity index (χ4v) is 3.64. The highest BCUT2D eigenvalue weighted by Crippen LogP contribution is 2.31. The number of carbonyl (C=O) groups is 2. The van der Waals surface area contributed by atoms with Gasteiger partial charge in [0.15, 0.2) is 0 Å². The van der Waals surface area contributed by atoms with Crippen molar-refractivity contribution in [1.29, 1.82) is 0 Å². The van der Waals surface area contributed by atoms with Crippen LogP contribution in [-0.4, -0.2) is 60.8 Å². The minimum Gasteiger partial charge on any atom is -0.481 e. The molecule has 3 rings (SSSR count). The molecule has 0 aromatic heterocycles. The third-order valence-corrected chi connectivity index (χ3v) is 5.00. The van der Waals surface area contributed by atoms with E-state index in [1.165, 1.54) is 6.07 Å². The van der Waals surface area contributed by atoms with Crippen LogP contribution in [0.5, 0.6) is 5.75 Å². The number of amides is 2. The van der Waals surface area contributed by atoms with Crippen molar-refractivity contribution in [2.75, 3.05) is 31.1 Å². The maximum Gasteiger partial charge on any atom is 0.387 e. The zero-order chi connectivity index (χ0) is 19.4. The average molecular weight is 383 g/mol. The maximum absolute atomic E-state index is 12.6. The minimum absolute atomic E-state index is 0.111. The third kappa shape index (κ3) is 4.78. The van der Waals surface area contributed by atoms with Crippen LogP contribution in [0.25, 0.3) is 0 Å². The summed E-state index contributed by atoms with van der Waals surface area (Å²) >= 11 is 0. The first-order valence-corrected chi connectivity index (χ1v) is 9.01.